The number of halogens is 2. The first-order valence-corrected chi connectivity index (χ1v) is 4.16. The Hall–Kier alpha value is -1.50. The van der Waals surface area contributed by atoms with E-state index in [1.165, 1.54) is 0 Å². The van der Waals surface area contributed by atoms with Crippen molar-refractivity contribution in [3.8, 4) is 0 Å². The van der Waals surface area contributed by atoms with Gasteiger partial charge in [-0.3, -0.25) is 14.9 Å². The molecular formula is C7H4BrFN2O3. The monoisotopic (exact) mass is 262 g/mol. The highest BCUT2D eigenvalue weighted by atomic mass is 79.9. The van der Waals surface area contributed by atoms with Gasteiger partial charge in [0.15, 0.2) is 11.4 Å². The molecule has 1 aromatic rings. The lowest BCUT2D eigenvalue weighted by Crippen LogP contribution is -2.15. The lowest BCUT2D eigenvalue weighted by atomic mass is 10.1. The molecule has 1 rings (SSSR count). The zero-order valence-corrected chi connectivity index (χ0v) is 8.25. The SMILES string of the molecule is NC(=O)c1c([N+](=O)[O-])ccc(Br)c1F. The van der Waals surface area contributed by atoms with Crippen LogP contribution in [0.5, 0.6) is 0 Å². The van der Waals surface area contributed by atoms with Crippen LogP contribution in [0.4, 0.5) is 10.1 Å². The van der Waals surface area contributed by atoms with Crippen LogP contribution in [0.1, 0.15) is 10.4 Å². The van der Waals surface area contributed by atoms with E-state index in [4.69, 9.17) is 5.73 Å². The van der Waals surface area contributed by atoms with Gasteiger partial charge in [0.2, 0.25) is 0 Å². The molecule has 0 radical (unpaired) electrons. The van der Waals surface area contributed by atoms with Gasteiger partial charge < -0.3 is 5.73 Å². The van der Waals surface area contributed by atoms with E-state index in [0.717, 1.165) is 12.1 Å². The highest BCUT2D eigenvalue weighted by molar-refractivity contribution is 9.10. The van der Waals surface area contributed by atoms with E-state index in [2.05, 4.69) is 15.9 Å². The normalized spacial score (nSPS) is 9.86. The summed E-state index contributed by atoms with van der Waals surface area (Å²) in [6, 6.07) is 2.15. The number of nitro benzene ring substituents is 1. The highest BCUT2D eigenvalue weighted by Crippen LogP contribution is 2.26. The van der Waals surface area contributed by atoms with E-state index in [0.29, 0.717) is 0 Å². The van der Waals surface area contributed by atoms with Gasteiger partial charge in [-0.25, -0.2) is 4.39 Å². The molecule has 1 aromatic carbocycles. The molecule has 0 saturated heterocycles. The van der Waals surface area contributed by atoms with Crippen LogP contribution in [-0.2, 0) is 0 Å². The molecule has 0 fully saturated rings. The van der Waals surface area contributed by atoms with Crippen molar-refractivity contribution < 1.29 is 14.1 Å². The van der Waals surface area contributed by atoms with Crippen molar-refractivity contribution in [1.82, 2.24) is 0 Å². The Balaban J connectivity index is 3.53. The molecule has 0 spiro atoms. The van der Waals surface area contributed by atoms with Gasteiger partial charge >= 0.3 is 0 Å². The Morgan fingerprint density at radius 2 is 2.14 bits per heavy atom. The summed E-state index contributed by atoms with van der Waals surface area (Å²) in [6.07, 6.45) is 0. The van der Waals surface area contributed by atoms with Gasteiger partial charge in [0, 0.05) is 6.07 Å². The van der Waals surface area contributed by atoms with Crippen LogP contribution >= 0.6 is 15.9 Å². The molecule has 0 bridgehead atoms. The lowest BCUT2D eigenvalue weighted by molar-refractivity contribution is -0.385. The fraction of sp³-hybridized carbons (Fsp3) is 0. The van der Waals surface area contributed by atoms with Crippen LogP contribution in [0.15, 0.2) is 16.6 Å². The number of hydrogen-bond donors (Lipinski definition) is 1. The van der Waals surface area contributed by atoms with Crippen molar-refractivity contribution in [2.75, 3.05) is 0 Å². The summed E-state index contributed by atoms with van der Waals surface area (Å²) in [6.45, 7) is 0. The molecule has 0 heterocycles. The van der Waals surface area contributed by atoms with Crippen molar-refractivity contribution in [2.24, 2.45) is 5.73 Å². The number of nitro groups is 1. The number of carbonyl (C=O) groups is 1. The summed E-state index contributed by atoms with van der Waals surface area (Å²) >= 11 is 2.79. The Morgan fingerprint density at radius 3 is 2.57 bits per heavy atom. The van der Waals surface area contributed by atoms with Gasteiger partial charge in [-0.2, -0.15) is 0 Å². The van der Waals surface area contributed by atoms with E-state index in [-0.39, 0.29) is 4.47 Å². The zero-order chi connectivity index (χ0) is 10.9. The van der Waals surface area contributed by atoms with E-state index in [9.17, 15) is 19.3 Å². The van der Waals surface area contributed by atoms with Gasteiger partial charge in [0.1, 0.15) is 0 Å². The second-order valence-corrected chi connectivity index (χ2v) is 3.23. The molecule has 2 N–H and O–H groups in total. The molecular weight excluding hydrogens is 259 g/mol. The molecule has 0 aliphatic heterocycles. The number of rotatable bonds is 2. The van der Waals surface area contributed by atoms with Gasteiger partial charge in [-0.15, -0.1) is 0 Å². The maximum atomic E-state index is 13.2. The second kappa shape index (κ2) is 3.70. The number of nitrogens with zero attached hydrogens (tertiary/aromatic N) is 1. The van der Waals surface area contributed by atoms with E-state index in [1.807, 2.05) is 0 Å². The zero-order valence-electron chi connectivity index (χ0n) is 6.66. The molecule has 74 valence electrons. The third kappa shape index (κ3) is 1.72. The number of benzene rings is 1. The first kappa shape index (κ1) is 10.6. The topological polar surface area (TPSA) is 86.2 Å². The van der Waals surface area contributed by atoms with Crippen LogP contribution in [0.25, 0.3) is 0 Å². The fourth-order valence-corrected chi connectivity index (χ4v) is 1.26. The van der Waals surface area contributed by atoms with Gasteiger partial charge in [0.25, 0.3) is 11.6 Å². The molecule has 0 aliphatic carbocycles. The first-order valence-electron chi connectivity index (χ1n) is 3.37. The molecule has 5 nitrogen and oxygen atoms in total. The summed E-state index contributed by atoms with van der Waals surface area (Å²) in [7, 11) is 0. The number of amides is 1. The quantitative estimate of drug-likeness (QED) is 0.649. The number of nitrogens with two attached hydrogens (primary N) is 1. The van der Waals surface area contributed by atoms with Crippen molar-refractivity contribution >= 4 is 27.5 Å². The van der Waals surface area contributed by atoms with Crippen molar-refractivity contribution in [1.29, 1.82) is 0 Å². The van der Waals surface area contributed by atoms with Crippen molar-refractivity contribution in [2.45, 2.75) is 0 Å². The number of primary amides is 1. The average molecular weight is 263 g/mol. The predicted octanol–water partition coefficient (Wildman–Crippen LogP) is 1.60. The van der Waals surface area contributed by atoms with Gasteiger partial charge in [-0.1, -0.05) is 0 Å². The van der Waals surface area contributed by atoms with Crippen molar-refractivity contribution in [3.05, 3.63) is 38.1 Å². The van der Waals surface area contributed by atoms with Crippen molar-refractivity contribution in [3.63, 3.8) is 0 Å². The Labute approximate surface area is 86.0 Å². The van der Waals surface area contributed by atoms with Crippen LogP contribution < -0.4 is 5.73 Å². The minimum atomic E-state index is -1.17. The van der Waals surface area contributed by atoms with Gasteiger partial charge in [-0.05, 0) is 22.0 Å². The summed E-state index contributed by atoms with van der Waals surface area (Å²) < 4.78 is 13.2. The molecule has 0 unspecified atom stereocenters. The van der Waals surface area contributed by atoms with Gasteiger partial charge in [0.05, 0.1) is 9.40 Å². The average Bonchev–Trinajstić information content (AvgIpc) is 2.08. The predicted molar refractivity (Wildman–Crippen MR) is 49.3 cm³/mol. The van der Waals surface area contributed by atoms with Crippen LogP contribution in [0.3, 0.4) is 0 Å². The third-order valence-corrected chi connectivity index (χ3v) is 2.13. The summed E-state index contributed by atoms with van der Waals surface area (Å²) in [4.78, 5) is 20.3. The highest BCUT2D eigenvalue weighted by Gasteiger charge is 2.24. The molecule has 1 amide bonds. The molecule has 7 heteroatoms. The maximum absolute atomic E-state index is 13.2. The first-order chi connectivity index (χ1) is 6.45. The van der Waals surface area contributed by atoms with Crippen LogP contribution in [-0.4, -0.2) is 10.8 Å². The summed E-state index contributed by atoms with van der Waals surface area (Å²) in [5, 5.41) is 10.4. The smallest absolute Gasteiger partial charge is 0.285 e. The lowest BCUT2D eigenvalue weighted by Gasteiger charge is -2.01. The van der Waals surface area contributed by atoms with E-state index >= 15 is 0 Å². The largest absolute Gasteiger partial charge is 0.365 e. The molecule has 0 saturated carbocycles. The minimum absolute atomic E-state index is 0.0445. The Kier molecular flexibility index (Phi) is 2.80. The maximum Gasteiger partial charge on any atom is 0.285 e. The Morgan fingerprint density at radius 1 is 1.57 bits per heavy atom. The van der Waals surface area contributed by atoms with Crippen LogP contribution in [0.2, 0.25) is 0 Å². The standard InChI is InChI=1S/C7H4BrFN2O3/c8-3-1-2-4(11(13)14)5(6(3)9)7(10)12/h1-2H,(H2,10,12). The fourth-order valence-electron chi connectivity index (χ4n) is 0.927. The molecule has 0 aliphatic rings. The van der Waals surface area contributed by atoms with E-state index in [1.54, 1.807) is 0 Å². The summed E-state index contributed by atoms with van der Waals surface area (Å²) in [5.74, 6) is -2.19. The number of hydrogen-bond acceptors (Lipinski definition) is 3. The van der Waals surface area contributed by atoms with Crippen LogP contribution in [0, 0.1) is 15.9 Å². The van der Waals surface area contributed by atoms with E-state index < -0.39 is 27.9 Å². The summed E-state index contributed by atoms with van der Waals surface area (Å²) in [5.41, 5.74) is 3.46. The second-order valence-electron chi connectivity index (χ2n) is 2.38. The Bertz CT molecular complexity index is 422. The third-order valence-electron chi connectivity index (χ3n) is 1.52. The molecule has 14 heavy (non-hydrogen) atoms. The minimum Gasteiger partial charge on any atom is -0.365 e. The molecule has 0 aromatic heterocycles. The number of carbonyl (C=O) groups excluding carboxylic acids is 1. The molecule has 0 atom stereocenters.